The molecule has 0 saturated carbocycles. The zero-order chi connectivity index (χ0) is 17.5. The minimum absolute atomic E-state index is 0.0395. The summed E-state index contributed by atoms with van der Waals surface area (Å²) in [6, 6.07) is 3.38. The van der Waals surface area contributed by atoms with Crippen molar-refractivity contribution in [2.75, 3.05) is 13.1 Å². The van der Waals surface area contributed by atoms with Gasteiger partial charge in [-0.15, -0.1) is 11.3 Å². The molecule has 1 aliphatic heterocycles. The van der Waals surface area contributed by atoms with Gasteiger partial charge >= 0.3 is 0 Å². The van der Waals surface area contributed by atoms with Gasteiger partial charge in [0.1, 0.15) is 4.21 Å². The topological polar surface area (TPSA) is 89.3 Å². The molecule has 0 N–H and O–H groups in total. The molecule has 1 aliphatic rings. The average molecular weight is 390 g/mol. The van der Waals surface area contributed by atoms with Crippen LogP contribution in [0.5, 0.6) is 0 Å². The van der Waals surface area contributed by atoms with E-state index >= 15 is 0 Å². The molecule has 1 fully saturated rings. The SMILES string of the molecule is Cc1ccc(S(=O)(=O)N2CCC(S(=O)(=O)c3nccn3C)CC2)s1. The van der Waals surface area contributed by atoms with Crippen LogP contribution in [0.15, 0.2) is 33.9 Å². The fourth-order valence-electron chi connectivity index (χ4n) is 2.84. The normalized spacial score (nSPS) is 18.1. The van der Waals surface area contributed by atoms with Crippen molar-refractivity contribution in [3.05, 3.63) is 29.4 Å². The smallest absolute Gasteiger partial charge is 0.252 e. The van der Waals surface area contributed by atoms with Gasteiger partial charge in [0.2, 0.25) is 15.0 Å². The third-order valence-corrected chi connectivity index (χ3v) is 9.80. The standard InChI is InChI=1S/C14H19N3O4S3/c1-11-3-4-13(22-11)24(20,21)17-8-5-12(6-9-17)23(18,19)14-15-7-10-16(14)2/h3-4,7,10,12H,5-6,8-9H2,1-2H3. The summed E-state index contributed by atoms with van der Waals surface area (Å²) in [7, 11) is -5.44. The molecule has 0 unspecified atom stereocenters. The van der Waals surface area contributed by atoms with E-state index in [2.05, 4.69) is 4.98 Å². The summed E-state index contributed by atoms with van der Waals surface area (Å²) >= 11 is 1.23. The number of hydrogen-bond acceptors (Lipinski definition) is 6. The van der Waals surface area contributed by atoms with Crippen LogP contribution in [-0.4, -0.2) is 49.0 Å². The largest absolute Gasteiger partial charge is 0.325 e. The number of rotatable bonds is 4. The number of sulfonamides is 1. The Balaban J connectivity index is 1.76. The number of aryl methyl sites for hydroxylation is 2. The first-order chi connectivity index (χ1) is 11.2. The Labute approximate surface area is 145 Å². The predicted molar refractivity (Wildman–Crippen MR) is 91.2 cm³/mol. The molecule has 3 rings (SSSR count). The lowest BCUT2D eigenvalue weighted by atomic mass is 10.2. The summed E-state index contributed by atoms with van der Waals surface area (Å²) in [6.45, 7) is 2.26. The molecule has 0 spiro atoms. The Kier molecular flexibility index (Phi) is 4.58. The van der Waals surface area contributed by atoms with Gasteiger partial charge in [-0.2, -0.15) is 4.31 Å². The molecule has 1 saturated heterocycles. The molecule has 0 aromatic carbocycles. The highest BCUT2D eigenvalue weighted by Crippen LogP contribution is 2.29. The Morgan fingerprint density at radius 2 is 1.83 bits per heavy atom. The van der Waals surface area contributed by atoms with Gasteiger partial charge in [0.05, 0.1) is 5.25 Å². The van der Waals surface area contributed by atoms with E-state index in [-0.39, 0.29) is 31.1 Å². The van der Waals surface area contributed by atoms with Crippen molar-refractivity contribution in [3.8, 4) is 0 Å². The van der Waals surface area contributed by atoms with Crippen LogP contribution in [-0.2, 0) is 26.9 Å². The lowest BCUT2D eigenvalue weighted by Gasteiger charge is -2.30. The van der Waals surface area contributed by atoms with Crippen LogP contribution in [0, 0.1) is 6.92 Å². The van der Waals surface area contributed by atoms with Gasteiger partial charge in [-0.3, -0.25) is 0 Å². The highest BCUT2D eigenvalue weighted by atomic mass is 32.2. The van der Waals surface area contributed by atoms with Crippen LogP contribution >= 0.6 is 11.3 Å². The van der Waals surface area contributed by atoms with E-state index < -0.39 is 25.1 Å². The summed E-state index contributed by atoms with van der Waals surface area (Å²) in [4.78, 5) is 4.86. The van der Waals surface area contributed by atoms with Crippen molar-refractivity contribution in [2.24, 2.45) is 7.05 Å². The Hall–Kier alpha value is -1.23. The molecular weight excluding hydrogens is 370 g/mol. The molecule has 2 aromatic rings. The van der Waals surface area contributed by atoms with Gasteiger partial charge in [-0.05, 0) is 31.9 Å². The molecule has 132 valence electrons. The first kappa shape index (κ1) is 17.6. The number of hydrogen-bond donors (Lipinski definition) is 0. The predicted octanol–water partition coefficient (Wildman–Crippen LogP) is 1.42. The van der Waals surface area contributed by atoms with Crippen LogP contribution in [0.1, 0.15) is 17.7 Å². The molecule has 7 nitrogen and oxygen atoms in total. The number of aromatic nitrogens is 2. The summed E-state index contributed by atoms with van der Waals surface area (Å²) in [6.07, 6.45) is 3.59. The second-order valence-corrected chi connectivity index (χ2v) is 11.4. The lowest BCUT2D eigenvalue weighted by Crippen LogP contribution is -2.42. The van der Waals surface area contributed by atoms with Crippen molar-refractivity contribution < 1.29 is 16.8 Å². The van der Waals surface area contributed by atoms with E-state index in [1.807, 2.05) is 6.92 Å². The fraction of sp³-hybridized carbons (Fsp3) is 0.500. The molecule has 0 amide bonds. The van der Waals surface area contributed by atoms with Crippen LogP contribution in [0.4, 0.5) is 0 Å². The highest BCUT2D eigenvalue weighted by Gasteiger charge is 2.37. The van der Waals surface area contributed by atoms with Crippen LogP contribution in [0.3, 0.4) is 0 Å². The van der Waals surface area contributed by atoms with Gasteiger partial charge in [0.15, 0.2) is 0 Å². The summed E-state index contributed by atoms with van der Waals surface area (Å²) in [5, 5.41) is -0.562. The van der Waals surface area contributed by atoms with E-state index in [4.69, 9.17) is 0 Å². The van der Waals surface area contributed by atoms with Gasteiger partial charge in [0.25, 0.3) is 10.0 Å². The Bertz CT molecular complexity index is 936. The monoisotopic (exact) mass is 389 g/mol. The van der Waals surface area contributed by atoms with Crippen molar-refractivity contribution in [2.45, 2.75) is 34.4 Å². The van der Waals surface area contributed by atoms with Gasteiger partial charge < -0.3 is 4.57 Å². The van der Waals surface area contributed by atoms with Crippen LogP contribution < -0.4 is 0 Å². The van der Waals surface area contributed by atoms with Crippen molar-refractivity contribution in [3.63, 3.8) is 0 Å². The second kappa shape index (κ2) is 6.25. The number of sulfone groups is 1. The van der Waals surface area contributed by atoms with Crippen LogP contribution in [0.25, 0.3) is 0 Å². The van der Waals surface area contributed by atoms with E-state index in [0.29, 0.717) is 4.21 Å². The summed E-state index contributed by atoms with van der Waals surface area (Å²) in [5.74, 6) is 0. The minimum Gasteiger partial charge on any atom is -0.325 e. The number of imidazole rings is 1. The zero-order valence-electron chi connectivity index (χ0n) is 13.4. The van der Waals surface area contributed by atoms with Crippen LogP contribution in [0.2, 0.25) is 0 Å². The van der Waals surface area contributed by atoms with E-state index in [1.54, 1.807) is 25.4 Å². The maximum atomic E-state index is 12.6. The third kappa shape index (κ3) is 3.03. The first-order valence-electron chi connectivity index (χ1n) is 7.51. The fourth-order valence-corrected chi connectivity index (χ4v) is 7.54. The third-order valence-electron chi connectivity index (χ3n) is 4.18. The van der Waals surface area contributed by atoms with Gasteiger partial charge in [-0.25, -0.2) is 21.8 Å². The highest BCUT2D eigenvalue weighted by molar-refractivity contribution is 7.92. The molecule has 0 radical (unpaired) electrons. The molecule has 10 heteroatoms. The minimum atomic E-state index is -3.55. The number of nitrogens with zero attached hydrogens (tertiary/aromatic N) is 3. The molecule has 0 aliphatic carbocycles. The van der Waals surface area contributed by atoms with E-state index in [0.717, 1.165) is 4.88 Å². The Morgan fingerprint density at radius 1 is 1.17 bits per heavy atom. The first-order valence-corrected chi connectivity index (χ1v) is 11.3. The molecular formula is C14H19N3O4S3. The quantitative estimate of drug-likeness (QED) is 0.789. The lowest BCUT2D eigenvalue weighted by molar-refractivity contribution is 0.345. The van der Waals surface area contributed by atoms with Crippen molar-refractivity contribution >= 4 is 31.2 Å². The van der Waals surface area contributed by atoms with Gasteiger partial charge in [0, 0.05) is 37.4 Å². The van der Waals surface area contributed by atoms with Gasteiger partial charge in [-0.1, -0.05) is 0 Å². The summed E-state index contributed by atoms with van der Waals surface area (Å²) < 4.78 is 53.7. The van der Waals surface area contributed by atoms with E-state index in [1.165, 1.54) is 26.4 Å². The molecule has 2 aromatic heterocycles. The van der Waals surface area contributed by atoms with Crippen molar-refractivity contribution in [1.29, 1.82) is 0 Å². The number of piperidine rings is 1. The molecule has 24 heavy (non-hydrogen) atoms. The molecule has 0 bridgehead atoms. The zero-order valence-corrected chi connectivity index (χ0v) is 15.9. The maximum absolute atomic E-state index is 12.6. The second-order valence-electron chi connectivity index (χ2n) is 5.83. The van der Waals surface area contributed by atoms with Crippen molar-refractivity contribution in [1.82, 2.24) is 13.9 Å². The molecule has 3 heterocycles. The number of thiophene rings is 1. The maximum Gasteiger partial charge on any atom is 0.252 e. The average Bonchev–Trinajstić information content (AvgIpc) is 3.16. The summed E-state index contributed by atoms with van der Waals surface area (Å²) in [5.41, 5.74) is 0. The van der Waals surface area contributed by atoms with E-state index in [9.17, 15) is 16.8 Å². The Morgan fingerprint density at radius 3 is 2.33 bits per heavy atom. The molecule has 0 atom stereocenters.